The van der Waals surface area contributed by atoms with Crippen LogP contribution >= 0.6 is 0 Å². The van der Waals surface area contributed by atoms with E-state index >= 15 is 0 Å². The number of hydrogen-bond acceptors (Lipinski definition) is 1. The van der Waals surface area contributed by atoms with Crippen molar-refractivity contribution < 1.29 is 0 Å². The zero-order chi connectivity index (χ0) is 11.5. The summed E-state index contributed by atoms with van der Waals surface area (Å²) in [6.07, 6.45) is 0. The Balaban J connectivity index is 2.94. The second kappa shape index (κ2) is 4.80. The molecule has 0 aliphatic rings. The van der Waals surface area contributed by atoms with Gasteiger partial charge in [0.2, 0.25) is 0 Å². The lowest BCUT2D eigenvalue weighted by atomic mass is 9.82. The van der Waals surface area contributed by atoms with Crippen LogP contribution in [0.3, 0.4) is 0 Å². The van der Waals surface area contributed by atoms with Crippen LogP contribution in [0.25, 0.3) is 0 Å². The predicted molar refractivity (Wildman–Crippen MR) is 67.1 cm³/mol. The maximum atomic E-state index is 3.56. The predicted octanol–water partition coefficient (Wildman–Crippen LogP) is 3.69. The summed E-state index contributed by atoms with van der Waals surface area (Å²) in [7, 11) is 0. The highest BCUT2D eigenvalue weighted by atomic mass is 14.9. The molecule has 1 aromatic carbocycles. The van der Waals surface area contributed by atoms with Crippen LogP contribution < -0.4 is 5.32 Å². The van der Waals surface area contributed by atoms with Gasteiger partial charge in [-0.1, -0.05) is 57.5 Å². The minimum Gasteiger partial charge on any atom is -0.310 e. The van der Waals surface area contributed by atoms with Gasteiger partial charge in [-0.15, -0.1) is 0 Å². The number of nitrogens with one attached hydrogen (secondary N) is 1. The SMILES string of the molecule is CCNC(c1ccc(C)cc1)C(C)(C)C. The Bertz CT molecular complexity index is 292. The summed E-state index contributed by atoms with van der Waals surface area (Å²) in [4.78, 5) is 0. The molecule has 1 unspecified atom stereocenters. The van der Waals surface area contributed by atoms with Gasteiger partial charge in [0.05, 0.1) is 0 Å². The molecule has 1 atom stereocenters. The van der Waals surface area contributed by atoms with Crippen molar-refractivity contribution in [1.82, 2.24) is 5.32 Å². The van der Waals surface area contributed by atoms with Gasteiger partial charge >= 0.3 is 0 Å². The van der Waals surface area contributed by atoms with E-state index in [1.54, 1.807) is 0 Å². The number of benzene rings is 1. The van der Waals surface area contributed by atoms with E-state index in [0.29, 0.717) is 6.04 Å². The number of aryl methyl sites for hydroxylation is 1. The van der Waals surface area contributed by atoms with Crippen LogP contribution in [0.4, 0.5) is 0 Å². The van der Waals surface area contributed by atoms with E-state index in [4.69, 9.17) is 0 Å². The van der Waals surface area contributed by atoms with Crippen LogP contribution in [0.5, 0.6) is 0 Å². The number of hydrogen-bond donors (Lipinski definition) is 1. The first-order valence-corrected chi connectivity index (χ1v) is 5.75. The lowest BCUT2D eigenvalue weighted by Gasteiger charge is -2.32. The first kappa shape index (κ1) is 12.3. The van der Waals surface area contributed by atoms with Gasteiger partial charge in [0.15, 0.2) is 0 Å². The highest BCUT2D eigenvalue weighted by molar-refractivity contribution is 5.25. The summed E-state index contributed by atoms with van der Waals surface area (Å²) >= 11 is 0. The average molecular weight is 205 g/mol. The zero-order valence-electron chi connectivity index (χ0n) is 10.6. The summed E-state index contributed by atoms with van der Waals surface area (Å²) in [6.45, 7) is 12.1. The first-order chi connectivity index (χ1) is 6.95. The fraction of sp³-hybridized carbons (Fsp3) is 0.571. The van der Waals surface area contributed by atoms with E-state index in [1.165, 1.54) is 11.1 Å². The molecule has 1 aromatic rings. The third kappa shape index (κ3) is 3.35. The molecule has 0 fully saturated rings. The summed E-state index contributed by atoms with van der Waals surface area (Å²) in [5.74, 6) is 0. The molecule has 1 nitrogen and oxygen atoms in total. The topological polar surface area (TPSA) is 12.0 Å². The van der Waals surface area contributed by atoms with Crippen LogP contribution in [0.1, 0.15) is 44.9 Å². The largest absolute Gasteiger partial charge is 0.310 e. The first-order valence-electron chi connectivity index (χ1n) is 5.75. The molecule has 84 valence electrons. The molecule has 0 spiro atoms. The lowest BCUT2D eigenvalue weighted by molar-refractivity contribution is 0.277. The molecular weight excluding hydrogens is 182 g/mol. The van der Waals surface area contributed by atoms with Gasteiger partial charge in [-0.3, -0.25) is 0 Å². The standard InChI is InChI=1S/C14H23N/c1-6-15-13(14(3,4)5)12-9-7-11(2)8-10-12/h7-10,13,15H,6H2,1-5H3. The summed E-state index contributed by atoms with van der Waals surface area (Å²) < 4.78 is 0. The van der Waals surface area contributed by atoms with Crippen LogP contribution in [0.15, 0.2) is 24.3 Å². The van der Waals surface area contributed by atoms with E-state index in [-0.39, 0.29) is 5.41 Å². The molecule has 0 heterocycles. The Morgan fingerprint density at radius 1 is 1.13 bits per heavy atom. The number of rotatable bonds is 3. The Kier molecular flexibility index (Phi) is 3.92. The highest BCUT2D eigenvalue weighted by Crippen LogP contribution is 2.32. The molecular formula is C14H23N. The van der Waals surface area contributed by atoms with Crippen molar-refractivity contribution in [3.63, 3.8) is 0 Å². The maximum absolute atomic E-state index is 3.56. The van der Waals surface area contributed by atoms with Crippen molar-refractivity contribution >= 4 is 0 Å². The van der Waals surface area contributed by atoms with Crippen molar-refractivity contribution in [2.75, 3.05) is 6.54 Å². The summed E-state index contributed by atoms with van der Waals surface area (Å²) in [6, 6.07) is 9.27. The molecule has 0 saturated carbocycles. The van der Waals surface area contributed by atoms with Crippen LogP contribution in [-0.4, -0.2) is 6.54 Å². The smallest absolute Gasteiger partial charge is 0.0369 e. The van der Waals surface area contributed by atoms with Crippen LogP contribution in [-0.2, 0) is 0 Å². The van der Waals surface area contributed by atoms with Crippen molar-refractivity contribution in [3.05, 3.63) is 35.4 Å². The molecule has 0 bridgehead atoms. The van der Waals surface area contributed by atoms with Gasteiger partial charge in [-0.05, 0) is 24.4 Å². The van der Waals surface area contributed by atoms with Crippen molar-refractivity contribution in [3.8, 4) is 0 Å². The van der Waals surface area contributed by atoms with Crippen molar-refractivity contribution in [1.29, 1.82) is 0 Å². The molecule has 1 rings (SSSR count). The minimum absolute atomic E-state index is 0.255. The Hall–Kier alpha value is -0.820. The van der Waals surface area contributed by atoms with E-state index in [2.05, 4.69) is 64.2 Å². The zero-order valence-corrected chi connectivity index (χ0v) is 10.6. The molecule has 0 aliphatic carbocycles. The Morgan fingerprint density at radius 3 is 2.07 bits per heavy atom. The van der Waals surface area contributed by atoms with E-state index in [1.807, 2.05) is 0 Å². The van der Waals surface area contributed by atoms with Crippen molar-refractivity contribution in [2.45, 2.75) is 40.7 Å². The normalized spacial score (nSPS) is 13.9. The molecule has 15 heavy (non-hydrogen) atoms. The van der Waals surface area contributed by atoms with Gasteiger partial charge in [0.1, 0.15) is 0 Å². The molecule has 0 radical (unpaired) electrons. The van der Waals surface area contributed by atoms with Gasteiger partial charge in [0, 0.05) is 6.04 Å². The van der Waals surface area contributed by atoms with Crippen LogP contribution in [0.2, 0.25) is 0 Å². The van der Waals surface area contributed by atoms with E-state index in [9.17, 15) is 0 Å². The van der Waals surface area contributed by atoms with E-state index < -0.39 is 0 Å². The Morgan fingerprint density at radius 2 is 1.67 bits per heavy atom. The summed E-state index contributed by atoms with van der Waals surface area (Å²) in [5, 5.41) is 3.56. The second-order valence-electron chi connectivity index (χ2n) is 5.27. The van der Waals surface area contributed by atoms with Gasteiger partial charge in [0.25, 0.3) is 0 Å². The lowest BCUT2D eigenvalue weighted by Crippen LogP contribution is -2.32. The average Bonchev–Trinajstić information content (AvgIpc) is 2.14. The second-order valence-corrected chi connectivity index (χ2v) is 5.27. The Labute approximate surface area is 93.9 Å². The van der Waals surface area contributed by atoms with E-state index in [0.717, 1.165) is 6.54 Å². The van der Waals surface area contributed by atoms with Crippen molar-refractivity contribution in [2.24, 2.45) is 5.41 Å². The third-order valence-electron chi connectivity index (χ3n) is 2.68. The fourth-order valence-corrected chi connectivity index (χ4v) is 1.89. The van der Waals surface area contributed by atoms with Gasteiger partial charge < -0.3 is 5.32 Å². The highest BCUT2D eigenvalue weighted by Gasteiger charge is 2.24. The molecule has 0 amide bonds. The molecule has 1 heteroatoms. The van der Waals surface area contributed by atoms with Gasteiger partial charge in [-0.2, -0.15) is 0 Å². The minimum atomic E-state index is 0.255. The van der Waals surface area contributed by atoms with Crippen LogP contribution in [0, 0.1) is 12.3 Å². The summed E-state index contributed by atoms with van der Waals surface area (Å²) in [5.41, 5.74) is 2.96. The molecule has 0 saturated heterocycles. The quantitative estimate of drug-likeness (QED) is 0.793. The monoisotopic (exact) mass is 205 g/mol. The third-order valence-corrected chi connectivity index (χ3v) is 2.68. The maximum Gasteiger partial charge on any atom is 0.0369 e. The fourth-order valence-electron chi connectivity index (χ4n) is 1.89. The molecule has 0 aliphatic heterocycles. The van der Waals surface area contributed by atoms with Gasteiger partial charge in [-0.25, -0.2) is 0 Å². The molecule has 1 N–H and O–H groups in total. The molecule has 0 aromatic heterocycles.